The Kier molecular flexibility index (Phi) is 6.03. The van der Waals surface area contributed by atoms with Crippen molar-refractivity contribution in [2.24, 2.45) is 0 Å². The number of halogens is 1. The molecule has 2 heterocycles. The molecule has 0 aliphatic rings. The molecule has 3 rings (SSSR count). The van der Waals surface area contributed by atoms with Crippen LogP contribution in [-0.4, -0.2) is 39.2 Å². The van der Waals surface area contributed by atoms with Crippen LogP contribution in [0, 0.1) is 0 Å². The lowest BCUT2D eigenvalue weighted by Crippen LogP contribution is -2.29. The molecule has 0 fully saturated rings. The van der Waals surface area contributed by atoms with E-state index in [1.165, 1.54) is 11.3 Å². The quantitative estimate of drug-likeness (QED) is 0.668. The fourth-order valence-electron chi connectivity index (χ4n) is 2.52. The predicted octanol–water partition coefficient (Wildman–Crippen LogP) is 3.75. The normalized spacial score (nSPS) is 11.1. The Morgan fingerprint density at radius 2 is 2.12 bits per heavy atom. The first-order chi connectivity index (χ1) is 12.5. The second-order valence-electron chi connectivity index (χ2n) is 5.97. The molecule has 0 unspecified atom stereocenters. The Bertz CT molecular complexity index is 874. The number of likely N-dealkylation sites (N-methyl/N-ethyl adjacent to an activating group) is 1. The summed E-state index contributed by atoms with van der Waals surface area (Å²) in [6, 6.07) is 7.47. The molecule has 1 N–H and O–H groups in total. The van der Waals surface area contributed by atoms with Crippen molar-refractivity contribution in [2.75, 3.05) is 18.9 Å². The number of benzene rings is 1. The Balaban J connectivity index is 1.53. The molecule has 8 heteroatoms. The van der Waals surface area contributed by atoms with Gasteiger partial charge >= 0.3 is 0 Å². The highest BCUT2D eigenvalue weighted by Gasteiger charge is 2.11. The smallest absolute Gasteiger partial charge is 0.240 e. The minimum atomic E-state index is -0.0904. The van der Waals surface area contributed by atoms with Gasteiger partial charge in [0.25, 0.3) is 0 Å². The summed E-state index contributed by atoms with van der Waals surface area (Å²) in [7, 11) is 1.91. The fourth-order valence-corrected chi connectivity index (χ4v) is 3.38. The lowest BCUT2D eigenvalue weighted by Gasteiger charge is -2.14. The van der Waals surface area contributed by atoms with Crippen molar-refractivity contribution in [1.29, 1.82) is 0 Å². The second kappa shape index (κ2) is 8.44. The maximum atomic E-state index is 12.2. The van der Waals surface area contributed by atoms with Crippen molar-refractivity contribution < 1.29 is 4.79 Å². The van der Waals surface area contributed by atoms with Crippen molar-refractivity contribution in [3.63, 3.8) is 0 Å². The van der Waals surface area contributed by atoms with Crippen LogP contribution in [0.1, 0.15) is 12.5 Å². The SMILES string of the molecule is CCn1cc(CN(C)CC(=O)Nc2nc(-c3ccc(Cl)cc3)cs2)cn1. The highest BCUT2D eigenvalue weighted by Crippen LogP contribution is 2.25. The highest BCUT2D eigenvalue weighted by molar-refractivity contribution is 7.14. The zero-order valence-corrected chi connectivity index (χ0v) is 16.2. The Hall–Kier alpha value is -2.22. The number of aromatic nitrogens is 3. The van der Waals surface area contributed by atoms with E-state index >= 15 is 0 Å². The standard InChI is InChI=1S/C18H20ClN5OS/c1-3-24-10-13(8-20-24)9-23(2)11-17(25)22-18-21-16(12-26-18)14-4-6-15(19)7-5-14/h4-8,10,12H,3,9,11H2,1-2H3,(H,21,22,25). The lowest BCUT2D eigenvalue weighted by atomic mass is 10.2. The van der Waals surface area contributed by atoms with Crippen molar-refractivity contribution >= 4 is 34.0 Å². The number of carbonyl (C=O) groups excluding carboxylic acids is 1. The zero-order chi connectivity index (χ0) is 18.5. The monoisotopic (exact) mass is 389 g/mol. The van der Waals surface area contributed by atoms with Crippen molar-refractivity contribution in [2.45, 2.75) is 20.0 Å². The molecular weight excluding hydrogens is 370 g/mol. The Morgan fingerprint density at radius 1 is 1.35 bits per heavy atom. The van der Waals surface area contributed by atoms with Gasteiger partial charge in [-0.1, -0.05) is 23.7 Å². The topological polar surface area (TPSA) is 63.1 Å². The van der Waals surface area contributed by atoms with E-state index in [1.807, 2.05) is 65.6 Å². The number of hydrogen-bond donors (Lipinski definition) is 1. The number of nitrogens with zero attached hydrogens (tertiary/aromatic N) is 4. The van der Waals surface area contributed by atoms with Crippen molar-refractivity contribution in [3.05, 3.63) is 52.6 Å². The van der Waals surface area contributed by atoms with E-state index in [9.17, 15) is 4.79 Å². The summed E-state index contributed by atoms with van der Waals surface area (Å²) in [6.45, 7) is 3.83. The van der Waals surface area contributed by atoms with Crippen LogP contribution in [0.25, 0.3) is 11.3 Å². The van der Waals surface area contributed by atoms with Crippen LogP contribution in [0.15, 0.2) is 42.0 Å². The molecule has 0 atom stereocenters. The molecular formula is C18H20ClN5OS. The van der Waals surface area contributed by atoms with Crippen LogP contribution in [-0.2, 0) is 17.9 Å². The molecule has 0 saturated carbocycles. The van der Waals surface area contributed by atoms with Crippen LogP contribution in [0.5, 0.6) is 0 Å². The predicted molar refractivity (Wildman–Crippen MR) is 105 cm³/mol. The molecule has 6 nitrogen and oxygen atoms in total. The number of thiazole rings is 1. The van der Waals surface area contributed by atoms with Gasteiger partial charge in [-0.3, -0.25) is 14.4 Å². The third-order valence-corrected chi connectivity index (χ3v) is 4.78. The first kappa shape index (κ1) is 18.6. The molecule has 2 aromatic heterocycles. The summed E-state index contributed by atoms with van der Waals surface area (Å²) < 4.78 is 1.87. The van der Waals surface area contributed by atoms with E-state index in [2.05, 4.69) is 15.4 Å². The molecule has 0 aliphatic heterocycles. The molecule has 136 valence electrons. The molecule has 3 aromatic rings. The molecule has 0 bridgehead atoms. The fraction of sp³-hybridized carbons (Fsp3) is 0.278. The van der Waals surface area contributed by atoms with Gasteiger partial charge < -0.3 is 5.32 Å². The maximum Gasteiger partial charge on any atom is 0.240 e. The number of carbonyl (C=O) groups is 1. The molecule has 0 aliphatic carbocycles. The van der Waals surface area contributed by atoms with Gasteiger partial charge in [0.15, 0.2) is 5.13 Å². The van der Waals surface area contributed by atoms with E-state index in [-0.39, 0.29) is 12.5 Å². The number of amides is 1. The van der Waals surface area contributed by atoms with Gasteiger partial charge in [-0.25, -0.2) is 4.98 Å². The summed E-state index contributed by atoms with van der Waals surface area (Å²) in [4.78, 5) is 18.7. The average Bonchev–Trinajstić information content (AvgIpc) is 3.24. The lowest BCUT2D eigenvalue weighted by molar-refractivity contribution is -0.117. The van der Waals surface area contributed by atoms with Crippen LogP contribution in [0.4, 0.5) is 5.13 Å². The van der Waals surface area contributed by atoms with Gasteiger partial charge in [-0.05, 0) is 26.1 Å². The van der Waals surface area contributed by atoms with Gasteiger partial charge in [0.05, 0.1) is 18.4 Å². The highest BCUT2D eigenvalue weighted by atomic mass is 35.5. The number of rotatable bonds is 7. The van der Waals surface area contributed by atoms with E-state index < -0.39 is 0 Å². The number of nitrogens with one attached hydrogen (secondary N) is 1. The Labute approximate surface area is 161 Å². The second-order valence-corrected chi connectivity index (χ2v) is 7.26. The Morgan fingerprint density at radius 3 is 2.81 bits per heavy atom. The average molecular weight is 390 g/mol. The number of anilines is 1. The third-order valence-electron chi connectivity index (χ3n) is 3.77. The zero-order valence-electron chi connectivity index (χ0n) is 14.6. The van der Waals surface area contributed by atoms with E-state index in [0.29, 0.717) is 16.7 Å². The van der Waals surface area contributed by atoms with Gasteiger partial charge in [0.1, 0.15) is 0 Å². The van der Waals surface area contributed by atoms with Gasteiger partial charge in [0.2, 0.25) is 5.91 Å². The van der Waals surface area contributed by atoms with E-state index in [1.54, 1.807) is 0 Å². The van der Waals surface area contributed by atoms with E-state index in [4.69, 9.17) is 11.6 Å². The number of aryl methyl sites for hydroxylation is 1. The van der Waals surface area contributed by atoms with Gasteiger partial charge in [-0.2, -0.15) is 5.10 Å². The first-order valence-electron chi connectivity index (χ1n) is 8.24. The van der Waals surface area contributed by atoms with Crippen LogP contribution in [0.3, 0.4) is 0 Å². The summed E-state index contributed by atoms with van der Waals surface area (Å²) in [5.41, 5.74) is 2.87. The van der Waals surface area contributed by atoms with Crippen LogP contribution < -0.4 is 5.32 Å². The largest absolute Gasteiger partial charge is 0.301 e. The minimum absolute atomic E-state index is 0.0904. The van der Waals surface area contributed by atoms with Gasteiger partial charge in [-0.15, -0.1) is 11.3 Å². The summed E-state index contributed by atoms with van der Waals surface area (Å²) >= 11 is 7.31. The van der Waals surface area contributed by atoms with Gasteiger partial charge in [0, 0.05) is 40.8 Å². The molecule has 26 heavy (non-hydrogen) atoms. The van der Waals surface area contributed by atoms with Crippen molar-refractivity contribution in [3.8, 4) is 11.3 Å². The molecule has 1 amide bonds. The molecule has 0 saturated heterocycles. The minimum Gasteiger partial charge on any atom is -0.301 e. The first-order valence-corrected chi connectivity index (χ1v) is 9.50. The molecule has 0 spiro atoms. The molecule has 1 aromatic carbocycles. The number of hydrogen-bond acceptors (Lipinski definition) is 5. The summed E-state index contributed by atoms with van der Waals surface area (Å²) in [5, 5.41) is 10.3. The van der Waals surface area contributed by atoms with Crippen LogP contribution >= 0.6 is 22.9 Å². The van der Waals surface area contributed by atoms with Crippen LogP contribution in [0.2, 0.25) is 5.02 Å². The molecule has 0 radical (unpaired) electrons. The maximum absolute atomic E-state index is 12.2. The van der Waals surface area contributed by atoms with E-state index in [0.717, 1.165) is 23.4 Å². The summed E-state index contributed by atoms with van der Waals surface area (Å²) in [6.07, 6.45) is 3.82. The van der Waals surface area contributed by atoms with Crippen molar-refractivity contribution in [1.82, 2.24) is 19.7 Å². The summed E-state index contributed by atoms with van der Waals surface area (Å²) in [5.74, 6) is -0.0904. The third kappa shape index (κ3) is 4.91.